The largest absolute Gasteiger partial charge is 0.282 e. The molecule has 0 radical (unpaired) electrons. The fourth-order valence-electron chi connectivity index (χ4n) is 2.19. The van der Waals surface area contributed by atoms with E-state index in [0.717, 1.165) is 11.3 Å². The molecule has 2 aromatic rings. The maximum atomic E-state index is 12.9. The Morgan fingerprint density at radius 2 is 1.96 bits per heavy atom. The van der Waals surface area contributed by atoms with Crippen LogP contribution in [0.2, 0.25) is 5.02 Å². The lowest BCUT2D eigenvalue weighted by molar-refractivity contribution is -0.111. The zero-order valence-corrected chi connectivity index (χ0v) is 14.6. The van der Waals surface area contributed by atoms with Gasteiger partial charge in [-0.1, -0.05) is 29.8 Å². The van der Waals surface area contributed by atoms with Crippen LogP contribution in [0, 0.1) is 6.92 Å². The van der Waals surface area contributed by atoms with E-state index in [2.05, 4.69) is 4.99 Å². The number of aliphatic imine (C=N–C) groups is 1. The second-order valence-electron chi connectivity index (χ2n) is 5.17. The number of nitrogens with zero attached hydrogens (tertiary/aromatic N) is 2. The first-order chi connectivity index (χ1) is 11.6. The molecule has 0 N–H and O–H groups in total. The normalized spacial score (nSPS) is 20.3. The van der Waals surface area contributed by atoms with E-state index in [0.29, 0.717) is 16.4 Å². The molecule has 1 aliphatic rings. The van der Waals surface area contributed by atoms with E-state index in [1.54, 1.807) is 46.7 Å². The van der Waals surface area contributed by atoms with E-state index in [9.17, 15) is 4.79 Å². The van der Waals surface area contributed by atoms with Crippen molar-refractivity contribution in [3.63, 3.8) is 0 Å². The van der Waals surface area contributed by atoms with Crippen LogP contribution in [0.15, 0.2) is 76.6 Å². The van der Waals surface area contributed by atoms with Crippen molar-refractivity contribution in [3.05, 3.63) is 82.2 Å². The second kappa shape index (κ2) is 7.43. The summed E-state index contributed by atoms with van der Waals surface area (Å²) in [5, 5.41) is 4.55. The highest BCUT2D eigenvalue weighted by Gasteiger charge is 2.18. The average Bonchev–Trinajstić information content (AvgIpc) is 3.11. The van der Waals surface area contributed by atoms with Crippen molar-refractivity contribution in [1.82, 2.24) is 0 Å². The quantitative estimate of drug-likeness (QED) is 0.705. The van der Waals surface area contributed by atoms with Gasteiger partial charge in [-0.2, -0.15) is 11.3 Å². The van der Waals surface area contributed by atoms with Gasteiger partial charge in [0.1, 0.15) is 5.71 Å². The first kappa shape index (κ1) is 16.4. The monoisotopic (exact) mass is 354 g/mol. The summed E-state index contributed by atoms with van der Waals surface area (Å²) in [4.78, 5) is 19.1. The van der Waals surface area contributed by atoms with Gasteiger partial charge in [-0.3, -0.25) is 9.69 Å². The number of halogens is 1. The lowest BCUT2D eigenvalue weighted by atomic mass is 10.2. The molecule has 3 rings (SSSR count). The van der Waals surface area contributed by atoms with Crippen LogP contribution in [0.3, 0.4) is 0 Å². The summed E-state index contributed by atoms with van der Waals surface area (Å²) in [6.07, 6.45) is 10.8. The Balaban J connectivity index is 2.03. The van der Waals surface area contributed by atoms with Crippen LogP contribution in [-0.2, 0) is 4.79 Å². The third-order valence-corrected chi connectivity index (χ3v) is 4.53. The number of thiophene rings is 1. The zero-order chi connectivity index (χ0) is 16.9. The van der Waals surface area contributed by atoms with Crippen molar-refractivity contribution in [2.45, 2.75) is 6.92 Å². The summed E-state index contributed by atoms with van der Waals surface area (Å²) in [5.74, 6) is -0.183. The van der Waals surface area contributed by atoms with Gasteiger partial charge >= 0.3 is 0 Å². The lowest BCUT2D eigenvalue weighted by Gasteiger charge is -2.16. The fourth-order valence-corrected chi connectivity index (χ4v) is 2.94. The Kier molecular flexibility index (Phi) is 5.08. The molecule has 2 heterocycles. The van der Waals surface area contributed by atoms with Crippen molar-refractivity contribution in [1.29, 1.82) is 0 Å². The summed E-state index contributed by atoms with van der Waals surface area (Å²) >= 11 is 7.60. The van der Waals surface area contributed by atoms with E-state index >= 15 is 0 Å². The number of aryl methyl sites for hydroxylation is 1. The standard InChI is InChI=1S/C19H15ClN2OS/c1-14-12-15(7-8-17(14)20)21-18-6-4-2-3-5-10-22(19(18)23)16-9-11-24-13-16/h2-13H,1H3/b3-2-,6-4+,10-5+,21-18?. The first-order valence-electron chi connectivity index (χ1n) is 7.37. The van der Waals surface area contributed by atoms with E-state index in [1.165, 1.54) is 0 Å². The highest BCUT2D eigenvalue weighted by atomic mass is 35.5. The Morgan fingerprint density at radius 3 is 2.71 bits per heavy atom. The van der Waals surface area contributed by atoms with Gasteiger partial charge in [0.2, 0.25) is 0 Å². The molecule has 24 heavy (non-hydrogen) atoms. The van der Waals surface area contributed by atoms with Crippen molar-refractivity contribution in [3.8, 4) is 0 Å². The number of carbonyl (C=O) groups is 1. The van der Waals surface area contributed by atoms with Gasteiger partial charge in [0.25, 0.3) is 5.91 Å². The van der Waals surface area contributed by atoms with Crippen LogP contribution >= 0.6 is 22.9 Å². The van der Waals surface area contributed by atoms with Crippen LogP contribution < -0.4 is 4.90 Å². The number of carbonyl (C=O) groups excluding carboxylic acids is 1. The molecule has 1 amide bonds. The highest BCUT2D eigenvalue weighted by molar-refractivity contribution is 7.08. The second-order valence-corrected chi connectivity index (χ2v) is 6.36. The average molecular weight is 355 g/mol. The van der Waals surface area contributed by atoms with Gasteiger partial charge < -0.3 is 0 Å². The molecule has 0 saturated heterocycles. The zero-order valence-electron chi connectivity index (χ0n) is 13.0. The minimum absolute atomic E-state index is 0.183. The molecule has 5 heteroatoms. The molecule has 1 aromatic carbocycles. The Morgan fingerprint density at radius 1 is 1.12 bits per heavy atom. The first-order valence-corrected chi connectivity index (χ1v) is 8.69. The summed E-state index contributed by atoms with van der Waals surface area (Å²) in [6.45, 7) is 1.91. The molecule has 0 atom stereocenters. The minimum Gasteiger partial charge on any atom is -0.282 e. The molecule has 0 bridgehead atoms. The maximum Gasteiger partial charge on any atom is 0.280 e. The van der Waals surface area contributed by atoms with Crippen LogP contribution in [-0.4, -0.2) is 11.6 Å². The van der Waals surface area contributed by atoms with Gasteiger partial charge in [-0.05, 0) is 54.3 Å². The van der Waals surface area contributed by atoms with Crippen molar-refractivity contribution in [2.75, 3.05) is 4.90 Å². The molecule has 3 nitrogen and oxygen atoms in total. The fraction of sp³-hybridized carbons (Fsp3) is 0.0526. The topological polar surface area (TPSA) is 32.7 Å². The SMILES string of the molecule is Cc1cc(N=C2/C=C/C=C\C=C\N(c3ccsc3)C2=O)ccc1Cl. The summed E-state index contributed by atoms with van der Waals surface area (Å²) in [5.41, 5.74) is 2.80. The number of amides is 1. The smallest absolute Gasteiger partial charge is 0.280 e. The molecule has 120 valence electrons. The molecular formula is C19H15ClN2OS. The molecule has 0 fully saturated rings. The number of rotatable bonds is 2. The van der Waals surface area contributed by atoms with E-state index in [-0.39, 0.29) is 5.91 Å². The van der Waals surface area contributed by atoms with Crippen LogP contribution in [0.4, 0.5) is 11.4 Å². The van der Waals surface area contributed by atoms with Crippen LogP contribution in [0.5, 0.6) is 0 Å². The molecule has 1 aromatic heterocycles. The Hall–Kier alpha value is -2.43. The minimum atomic E-state index is -0.183. The summed E-state index contributed by atoms with van der Waals surface area (Å²) in [7, 11) is 0. The third kappa shape index (κ3) is 3.72. The molecular weight excluding hydrogens is 340 g/mol. The van der Waals surface area contributed by atoms with Gasteiger partial charge in [0, 0.05) is 16.6 Å². The van der Waals surface area contributed by atoms with E-state index in [4.69, 9.17) is 11.6 Å². The predicted molar refractivity (Wildman–Crippen MR) is 103 cm³/mol. The van der Waals surface area contributed by atoms with E-state index in [1.807, 2.05) is 48.0 Å². The third-order valence-electron chi connectivity index (χ3n) is 3.44. The molecule has 0 spiro atoms. The van der Waals surface area contributed by atoms with Crippen molar-refractivity contribution in [2.24, 2.45) is 4.99 Å². The maximum absolute atomic E-state index is 12.9. The molecule has 0 aliphatic carbocycles. The Bertz CT molecular complexity index is 863. The number of benzene rings is 1. The molecule has 0 unspecified atom stereocenters. The van der Waals surface area contributed by atoms with Gasteiger partial charge in [0.05, 0.1) is 11.4 Å². The molecule has 0 saturated carbocycles. The predicted octanol–water partition coefficient (Wildman–Crippen LogP) is 5.46. The Labute approximate surface area is 149 Å². The van der Waals surface area contributed by atoms with Gasteiger partial charge in [-0.15, -0.1) is 0 Å². The van der Waals surface area contributed by atoms with Crippen LogP contribution in [0.1, 0.15) is 5.56 Å². The summed E-state index contributed by atoms with van der Waals surface area (Å²) < 4.78 is 0. The van der Waals surface area contributed by atoms with Crippen molar-refractivity contribution >= 4 is 45.9 Å². The number of anilines is 1. The highest BCUT2D eigenvalue weighted by Crippen LogP contribution is 2.23. The number of hydrogen-bond donors (Lipinski definition) is 0. The van der Waals surface area contributed by atoms with Crippen LogP contribution in [0.25, 0.3) is 0 Å². The lowest BCUT2D eigenvalue weighted by Crippen LogP contribution is -2.31. The number of hydrogen-bond acceptors (Lipinski definition) is 3. The van der Waals surface area contributed by atoms with Crippen molar-refractivity contribution < 1.29 is 4.79 Å². The molecule has 1 aliphatic heterocycles. The summed E-state index contributed by atoms with van der Waals surface area (Å²) in [6, 6.07) is 7.36. The number of allylic oxidation sites excluding steroid dienone is 4. The van der Waals surface area contributed by atoms with Gasteiger partial charge in [0.15, 0.2) is 0 Å². The van der Waals surface area contributed by atoms with Gasteiger partial charge in [-0.25, -0.2) is 4.99 Å². The van der Waals surface area contributed by atoms with E-state index < -0.39 is 0 Å².